The maximum Gasteiger partial charge on any atom is 0.224 e. The lowest BCUT2D eigenvalue weighted by molar-refractivity contribution is -0.116. The molecule has 0 fully saturated rings. The summed E-state index contributed by atoms with van der Waals surface area (Å²) < 4.78 is 0. The Morgan fingerprint density at radius 3 is 2.60 bits per heavy atom. The van der Waals surface area contributed by atoms with Crippen molar-refractivity contribution in [3.05, 3.63) is 28.8 Å². The lowest BCUT2D eigenvalue weighted by atomic mass is 9.88. The minimum absolute atomic E-state index is 0.0538. The van der Waals surface area contributed by atoms with Gasteiger partial charge in [0.25, 0.3) is 0 Å². The van der Waals surface area contributed by atoms with Crippen LogP contribution in [-0.4, -0.2) is 12.5 Å². The van der Waals surface area contributed by atoms with Crippen molar-refractivity contribution in [3.8, 4) is 0 Å². The fourth-order valence-corrected chi connectivity index (χ4v) is 2.55. The number of hydrogen-bond acceptors (Lipinski definition) is 2. The van der Waals surface area contributed by atoms with Gasteiger partial charge in [0.1, 0.15) is 0 Å². The summed E-state index contributed by atoms with van der Waals surface area (Å²) in [4.78, 5) is 12.0. The van der Waals surface area contributed by atoms with E-state index in [9.17, 15) is 4.79 Å². The number of nitrogens with one attached hydrogen (secondary N) is 1. The van der Waals surface area contributed by atoms with Gasteiger partial charge in [-0.15, -0.1) is 0 Å². The van der Waals surface area contributed by atoms with Gasteiger partial charge in [-0.25, -0.2) is 0 Å². The molecular formula is C16H25ClN2O. The molecule has 4 heteroatoms. The normalized spacial score (nSPS) is 12.5. The fraction of sp³-hybridized carbons (Fsp3) is 0.562. The number of benzene rings is 1. The average molecular weight is 297 g/mol. The number of halogens is 1. The lowest BCUT2D eigenvalue weighted by Gasteiger charge is -2.19. The highest BCUT2D eigenvalue weighted by Gasteiger charge is 2.14. The van der Waals surface area contributed by atoms with E-state index in [0.29, 0.717) is 29.8 Å². The topological polar surface area (TPSA) is 55.1 Å². The van der Waals surface area contributed by atoms with Gasteiger partial charge in [0.05, 0.1) is 0 Å². The Morgan fingerprint density at radius 2 is 2.05 bits per heavy atom. The van der Waals surface area contributed by atoms with Gasteiger partial charge in [-0.3, -0.25) is 4.79 Å². The van der Waals surface area contributed by atoms with Gasteiger partial charge >= 0.3 is 0 Å². The predicted octanol–water partition coefficient (Wildman–Crippen LogP) is 3.99. The van der Waals surface area contributed by atoms with Crippen molar-refractivity contribution in [2.75, 3.05) is 11.9 Å². The van der Waals surface area contributed by atoms with E-state index in [2.05, 4.69) is 19.2 Å². The first-order chi connectivity index (χ1) is 9.43. The van der Waals surface area contributed by atoms with Crippen molar-refractivity contribution in [2.24, 2.45) is 17.6 Å². The summed E-state index contributed by atoms with van der Waals surface area (Å²) in [5.41, 5.74) is 7.43. The summed E-state index contributed by atoms with van der Waals surface area (Å²) in [5, 5.41) is 3.63. The van der Waals surface area contributed by atoms with E-state index < -0.39 is 0 Å². The Labute approximate surface area is 126 Å². The van der Waals surface area contributed by atoms with E-state index in [1.807, 2.05) is 19.1 Å². The summed E-state index contributed by atoms with van der Waals surface area (Å²) in [6.45, 7) is 6.98. The van der Waals surface area contributed by atoms with Crippen molar-refractivity contribution in [1.82, 2.24) is 0 Å². The Morgan fingerprint density at radius 1 is 1.35 bits per heavy atom. The summed E-state index contributed by atoms with van der Waals surface area (Å²) in [5.74, 6) is 1.12. The lowest BCUT2D eigenvalue weighted by Crippen LogP contribution is -2.18. The quantitative estimate of drug-likeness (QED) is 0.799. The number of amides is 1. The molecule has 1 aromatic carbocycles. The van der Waals surface area contributed by atoms with Crippen LogP contribution in [0.2, 0.25) is 5.02 Å². The van der Waals surface area contributed by atoms with E-state index in [0.717, 1.165) is 24.1 Å². The van der Waals surface area contributed by atoms with Crippen LogP contribution in [-0.2, 0) is 4.79 Å². The van der Waals surface area contributed by atoms with Crippen molar-refractivity contribution in [2.45, 2.75) is 40.0 Å². The van der Waals surface area contributed by atoms with E-state index >= 15 is 0 Å². The molecule has 0 aliphatic heterocycles. The summed E-state index contributed by atoms with van der Waals surface area (Å²) in [7, 11) is 0. The van der Waals surface area contributed by atoms with Crippen molar-refractivity contribution in [3.63, 3.8) is 0 Å². The van der Waals surface area contributed by atoms with Crippen molar-refractivity contribution in [1.29, 1.82) is 0 Å². The molecule has 1 amide bonds. The molecule has 0 radical (unpaired) electrons. The molecule has 3 N–H and O–H groups in total. The molecule has 0 saturated heterocycles. The molecule has 20 heavy (non-hydrogen) atoms. The molecule has 1 unspecified atom stereocenters. The van der Waals surface area contributed by atoms with Gasteiger partial charge in [0.2, 0.25) is 5.91 Å². The second kappa shape index (κ2) is 8.28. The zero-order valence-corrected chi connectivity index (χ0v) is 13.3. The summed E-state index contributed by atoms with van der Waals surface area (Å²) in [6.07, 6.45) is 2.39. The molecule has 0 aliphatic carbocycles. The number of aryl methyl sites for hydroxylation is 1. The Bertz CT molecular complexity index is 446. The second-order valence-corrected chi connectivity index (χ2v) is 6.06. The zero-order valence-electron chi connectivity index (χ0n) is 12.6. The third-order valence-electron chi connectivity index (χ3n) is 3.68. The van der Waals surface area contributed by atoms with Gasteiger partial charge in [0.15, 0.2) is 0 Å². The number of carbonyl (C=O) groups is 1. The second-order valence-electron chi connectivity index (χ2n) is 5.63. The molecule has 112 valence electrons. The van der Waals surface area contributed by atoms with Crippen LogP contribution in [0.5, 0.6) is 0 Å². The third kappa shape index (κ3) is 5.51. The standard InChI is InChI=1S/C16H25ClN2O/c1-11(2)13(8-9-18)4-7-16(20)19-15-6-5-14(17)10-12(15)3/h5-6,10-11,13H,4,7-9,18H2,1-3H3,(H,19,20). The summed E-state index contributed by atoms with van der Waals surface area (Å²) in [6, 6.07) is 5.48. The molecule has 1 aromatic rings. The van der Waals surface area contributed by atoms with E-state index in [-0.39, 0.29) is 5.91 Å². The number of anilines is 1. The van der Waals surface area contributed by atoms with E-state index in [4.69, 9.17) is 17.3 Å². The molecule has 0 spiro atoms. The molecule has 3 nitrogen and oxygen atoms in total. The van der Waals surface area contributed by atoms with Gasteiger partial charge in [-0.05, 0) is 61.9 Å². The third-order valence-corrected chi connectivity index (χ3v) is 3.92. The Kier molecular flexibility index (Phi) is 7.03. The number of carbonyl (C=O) groups excluding carboxylic acids is 1. The SMILES string of the molecule is Cc1cc(Cl)ccc1NC(=O)CCC(CCN)C(C)C. The molecule has 1 atom stereocenters. The zero-order chi connectivity index (χ0) is 15.1. The van der Waals surface area contributed by atoms with Gasteiger partial charge in [-0.1, -0.05) is 25.4 Å². The molecule has 0 saturated carbocycles. The minimum atomic E-state index is 0.0538. The van der Waals surface area contributed by atoms with Gasteiger partial charge < -0.3 is 11.1 Å². The first-order valence-electron chi connectivity index (χ1n) is 7.20. The van der Waals surface area contributed by atoms with Crippen molar-refractivity contribution < 1.29 is 4.79 Å². The predicted molar refractivity (Wildman–Crippen MR) is 86.1 cm³/mol. The summed E-state index contributed by atoms with van der Waals surface area (Å²) >= 11 is 5.90. The molecule has 0 heterocycles. The first-order valence-corrected chi connectivity index (χ1v) is 7.58. The first kappa shape index (κ1) is 17.0. The Balaban J connectivity index is 2.51. The van der Waals surface area contributed by atoms with Crippen LogP contribution in [0, 0.1) is 18.8 Å². The minimum Gasteiger partial charge on any atom is -0.330 e. The molecule has 1 rings (SSSR count). The van der Waals surface area contributed by atoms with E-state index in [1.54, 1.807) is 6.07 Å². The number of rotatable bonds is 7. The van der Waals surface area contributed by atoms with Gasteiger partial charge in [-0.2, -0.15) is 0 Å². The highest BCUT2D eigenvalue weighted by molar-refractivity contribution is 6.30. The fourth-order valence-electron chi connectivity index (χ4n) is 2.32. The maximum atomic E-state index is 12.0. The van der Waals surface area contributed by atoms with Crippen LogP contribution < -0.4 is 11.1 Å². The van der Waals surface area contributed by atoms with Crippen LogP contribution in [0.25, 0.3) is 0 Å². The largest absolute Gasteiger partial charge is 0.330 e. The van der Waals surface area contributed by atoms with Crippen LogP contribution in [0.1, 0.15) is 38.7 Å². The molecule has 0 bridgehead atoms. The average Bonchev–Trinajstić information content (AvgIpc) is 2.37. The highest BCUT2D eigenvalue weighted by Crippen LogP contribution is 2.22. The smallest absolute Gasteiger partial charge is 0.224 e. The van der Waals surface area contributed by atoms with Crippen molar-refractivity contribution >= 4 is 23.2 Å². The van der Waals surface area contributed by atoms with Gasteiger partial charge in [0, 0.05) is 17.1 Å². The van der Waals surface area contributed by atoms with Crippen LogP contribution in [0.4, 0.5) is 5.69 Å². The molecule has 0 aromatic heterocycles. The van der Waals surface area contributed by atoms with Crippen LogP contribution >= 0.6 is 11.6 Å². The monoisotopic (exact) mass is 296 g/mol. The van der Waals surface area contributed by atoms with Crippen LogP contribution in [0.15, 0.2) is 18.2 Å². The Hall–Kier alpha value is -1.06. The highest BCUT2D eigenvalue weighted by atomic mass is 35.5. The maximum absolute atomic E-state index is 12.0. The molecule has 0 aliphatic rings. The number of nitrogens with two attached hydrogens (primary N) is 1. The number of hydrogen-bond donors (Lipinski definition) is 2. The van der Waals surface area contributed by atoms with Crippen LogP contribution in [0.3, 0.4) is 0 Å². The molecular weight excluding hydrogens is 272 g/mol. The van der Waals surface area contributed by atoms with E-state index in [1.165, 1.54) is 0 Å².